The van der Waals surface area contributed by atoms with Crippen LogP contribution in [0.25, 0.3) is 0 Å². The second kappa shape index (κ2) is 9.08. The fourth-order valence-corrected chi connectivity index (χ4v) is 2.11. The highest BCUT2D eigenvalue weighted by Crippen LogP contribution is 2.28. The summed E-state index contributed by atoms with van der Waals surface area (Å²) in [6.45, 7) is 1.80. The number of esters is 1. The summed E-state index contributed by atoms with van der Waals surface area (Å²) in [7, 11) is 1.50. The van der Waals surface area contributed by atoms with E-state index >= 15 is 0 Å². The Labute approximate surface area is 151 Å². The van der Waals surface area contributed by atoms with Crippen LogP contribution in [0.4, 0.5) is 5.69 Å². The molecule has 0 atom stereocenters. The van der Waals surface area contributed by atoms with E-state index in [0.29, 0.717) is 29.4 Å². The molecule has 0 saturated carbocycles. The summed E-state index contributed by atoms with van der Waals surface area (Å²) < 4.78 is 15.6. The SMILES string of the molecule is CCOc1cc(C(=O)OCC(=O)Nc2ccc(C#N)cc2)ccc1OC. The van der Waals surface area contributed by atoms with Crippen molar-refractivity contribution in [2.24, 2.45) is 0 Å². The quantitative estimate of drug-likeness (QED) is 0.768. The lowest BCUT2D eigenvalue weighted by Gasteiger charge is -2.11. The number of methoxy groups -OCH3 is 1. The Morgan fingerprint density at radius 2 is 1.85 bits per heavy atom. The van der Waals surface area contributed by atoms with Crippen LogP contribution in [0.1, 0.15) is 22.8 Å². The molecule has 2 aromatic carbocycles. The number of hydrogen-bond donors (Lipinski definition) is 1. The largest absolute Gasteiger partial charge is 0.493 e. The molecular weight excluding hydrogens is 336 g/mol. The molecule has 0 bridgehead atoms. The molecule has 2 rings (SSSR count). The van der Waals surface area contributed by atoms with Crippen molar-refractivity contribution in [3.8, 4) is 17.6 Å². The zero-order chi connectivity index (χ0) is 18.9. The molecule has 0 aliphatic heterocycles. The average molecular weight is 354 g/mol. The minimum absolute atomic E-state index is 0.250. The predicted molar refractivity (Wildman–Crippen MR) is 94.2 cm³/mol. The number of rotatable bonds is 7. The van der Waals surface area contributed by atoms with Crippen LogP contribution in [0.5, 0.6) is 11.5 Å². The van der Waals surface area contributed by atoms with Crippen LogP contribution in [0, 0.1) is 11.3 Å². The van der Waals surface area contributed by atoms with Gasteiger partial charge >= 0.3 is 5.97 Å². The monoisotopic (exact) mass is 354 g/mol. The first-order valence-electron chi connectivity index (χ1n) is 7.85. The summed E-state index contributed by atoms with van der Waals surface area (Å²) in [5.41, 5.74) is 1.24. The van der Waals surface area contributed by atoms with Crippen LogP contribution in [-0.2, 0) is 9.53 Å². The zero-order valence-electron chi connectivity index (χ0n) is 14.4. The number of nitriles is 1. The van der Waals surface area contributed by atoms with Crippen molar-refractivity contribution in [1.29, 1.82) is 5.26 Å². The van der Waals surface area contributed by atoms with Gasteiger partial charge in [-0.05, 0) is 49.4 Å². The second-order valence-electron chi connectivity index (χ2n) is 5.11. The number of benzene rings is 2. The summed E-state index contributed by atoms with van der Waals surface area (Å²) in [4.78, 5) is 24.0. The minimum Gasteiger partial charge on any atom is -0.493 e. The lowest BCUT2D eigenvalue weighted by molar-refractivity contribution is -0.119. The van der Waals surface area contributed by atoms with Gasteiger partial charge in [-0.3, -0.25) is 4.79 Å². The van der Waals surface area contributed by atoms with Crippen molar-refractivity contribution in [2.45, 2.75) is 6.92 Å². The molecule has 0 aromatic heterocycles. The molecule has 7 heteroatoms. The molecule has 0 aliphatic rings. The molecule has 0 radical (unpaired) electrons. The fourth-order valence-electron chi connectivity index (χ4n) is 2.11. The van der Waals surface area contributed by atoms with Crippen LogP contribution in [0.15, 0.2) is 42.5 Å². The van der Waals surface area contributed by atoms with Crippen molar-refractivity contribution in [3.05, 3.63) is 53.6 Å². The Balaban J connectivity index is 1.93. The highest BCUT2D eigenvalue weighted by Gasteiger charge is 2.14. The summed E-state index contributed by atoms with van der Waals surface area (Å²) in [5, 5.41) is 11.3. The molecule has 134 valence electrons. The first kappa shape index (κ1) is 18.8. The summed E-state index contributed by atoms with van der Waals surface area (Å²) in [5.74, 6) is -0.210. The third kappa shape index (κ3) is 4.98. The van der Waals surface area contributed by atoms with E-state index in [9.17, 15) is 9.59 Å². The Bertz CT molecular complexity index is 825. The minimum atomic E-state index is -0.649. The second-order valence-corrected chi connectivity index (χ2v) is 5.11. The Hall–Kier alpha value is -3.53. The average Bonchev–Trinajstić information content (AvgIpc) is 2.67. The predicted octanol–water partition coefficient (Wildman–Crippen LogP) is 2.76. The number of nitrogens with one attached hydrogen (secondary N) is 1. The van der Waals surface area contributed by atoms with Crippen molar-refractivity contribution >= 4 is 17.6 Å². The maximum atomic E-state index is 12.1. The molecule has 2 aromatic rings. The molecule has 7 nitrogen and oxygen atoms in total. The highest BCUT2D eigenvalue weighted by atomic mass is 16.5. The van der Waals surface area contributed by atoms with Crippen LogP contribution in [0.3, 0.4) is 0 Å². The highest BCUT2D eigenvalue weighted by molar-refractivity contribution is 5.95. The normalized spacial score (nSPS) is 9.73. The van der Waals surface area contributed by atoms with Gasteiger partial charge in [-0.15, -0.1) is 0 Å². The van der Waals surface area contributed by atoms with Crippen molar-refractivity contribution in [2.75, 3.05) is 25.6 Å². The van der Waals surface area contributed by atoms with Gasteiger partial charge in [0.2, 0.25) is 0 Å². The van der Waals surface area contributed by atoms with E-state index in [1.54, 1.807) is 30.3 Å². The van der Waals surface area contributed by atoms with Gasteiger partial charge in [0, 0.05) is 5.69 Å². The summed E-state index contributed by atoms with van der Waals surface area (Å²) in [6.07, 6.45) is 0. The van der Waals surface area contributed by atoms with Crippen LogP contribution in [-0.4, -0.2) is 32.2 Å². The molecular formula is C19H18N2O5. The van der Waals surface area contributed by atoms with Gasteiger partial charge < -0.3 is 19.5 Å². The third-order valence-electron chi connectivity index (χ3n) is 3.33. The van der Waals surface area contributed by atoms with Gasteiger partial charge in [0.15, 0.2) is 18.1 Å². The lowest BCUT2D eigenvalue weighted by atomic mass is 10.2. The van der Waals surface area contributed by atoms with Crippen molar-refractivity contribution in [1.82, 2.24) is 0 Å². The number of hydrogen-bond acceptors (Lipinski definition) is 6. The Morgan fingerprint density at radius 3 is 2.46 bits per heavy atom. The number of carbonyl (C=O) groups excluding carboxylic acids is 2. The molecule has 1 amide bonds. The van der Waals surface area contributed by atoms with E-state index in [2.05, 4.69) is 5.32 Å². The molecule has 26 heavy (non-hydrogen) atoms. The fraction of sp³-hybridized carbons (Fsp3) is 0.211. The van der Waals surface area contributed by atoms with Crippen molar-refractivity contribution < 1.29 is 23.8 Å². The first-order chi connectivity index (χ1) is 12.6. The number of amides is 1. The molecule has 1 N–H and O–H groups in total. The molecule has 0 heterocycles. The Kier molecular flexibility index (Phi) is 6.57. The summed E-state index contributed by atoms with van der Waals surface area (Å²) >= 11 is 0. The van der Waals surface area contributed by atoms with Gasteiger partial charge in [-0.1, -0.05) is 0 Å². The smallest absolute Gasteiger partial charge is 0.338 e. The van der Waals surface area contributed by atoms with E-state index in [4.69, 9.17) is 19.5 Å². The topological polar surface area (TPSA) is 97.6 Å². The van der Waals surface area contributed by atoms with Gasteiger partial charge in [-0.2, -0.15) is 5.26 Å². The third-order valence-corrected chi connectivity index (χ3v) is 3.33. The van der Waals surface area contributed by atoms with Gasteiger partial charge in [-0.25, -0.2) is 4.79 Å². The molecule has 0 saturated heterocycles. The number of anilines is 1. The van der Waals surface area contributed by atoms with Gasteiger partial charge in [0.25, 0.3) is 5.91 Å². The van der Waals surface area contributed by atoms with E-state index in [0.717, 1.165) is 0 Å². The Morgan fingerprint density at radius 1 is 1.12 bits per heavy atom. The van der Waals surface area contributed by atoms with Crippen LogP contribution >= 0.6 is 0 Å². The van der Waals surface area contributed by atoms with Gasteiger partial charge in [0.1, 0.15) is 0 Å². The number of carbonyl (C=O) groups is 2. The summed E-state index contributed by atoms with van der Waals surface area (Å²) in [6, 6.07) is 13.0. The zero-order valence-corrected chi connectivity index (χ0v) is 14.4. The molecule has 0 spiro atoms. The van der Waals surface area contributed by atoms with Crippen molar-refractivity contribution in [3.63, 3.8) is 0 Å². The maximum Gasteiger partial charge on any atom is 0.338 e. The standard InChI is InChI=1S/C19H18N2O5/c1-3-25-17-10-14(6-9-16(17)24-2)19(23)26-12-18(22)21-15-7-4-13(11-20)5-8-15/h4-10H,3,12H2,1-2H3,(H,21,22). The molecule has 0 unspecified atom stereocenters. The molecule has 0 aliphatic carbocycles. The van der Waals surface area contributed by atoms with E-state index in [-0.39, 0.29) is 5.56 Å². The van der Waals surface area contributed by atoms with E-state index in [1.807, 2.05) is 13.0 Å². The lowest BCUT2D eigenvalue weighted by Crippen LogP contribution is -2.21. The maximum absolute atomic E-state index is 12.1. The van der Waals surface area contributed by atoms with Gasteiger partial charge in [0.05, 0.1) is 30.9 Å². The van der Waals surface area contributed by atoms with E-state index < -0.39 is 18.5 Å². The van der Waals surface area contributed by atoms with Crippen LogP contribution < -0.4 is 14.8 Å². The first-order valence-corrected chi connectivity index (χ1v) is 7.85. The number of ether oxygens (including phenoxy) is 3. The van der Waals surface area contributed by atoms with E-state index in [1.165, 1.54) is 19.2 Å². The van der Waals surface area contributed by atoms with Crippen LogP contribution in [0.2, 0.25) is 0 Å². The number of nitrogens with zero attached hydrogens (tertiary/aromatic N) is 1. The molecule has 0 fully saturated rings.